The molecule has 26 heavy (non-hydrogen) atoms. The number of nitrogens with one attached hydrogen (secondary N) is 2. The molecule has 0 amide bonds. The minimum absolute atomic E-state index is 0.290. The minimum atomic E-state index is 0.290. The molecule has 0 bridgehead atoms. The first-order valence-corrected chi connectivity index (χ1v) is 9.02. The van der Waals surface area contributed by atoms with Gasteiger partial charge >= 0.3 is 0 Å². The van der Waals surface area contributed by atoms with Crippen molar-refractivity contribution in [2.45, 2.75) is 26.8 Å². The molecular weight excluding hydrogens is 328 g/mol. The molecule has 136 valence electrons. The summed E-state index contributed by atoms with van der Waals surface area (Å²) in [6.07, 6.45) is 3.72. The number of fused-ring (bicyclic) bond motifs is 1. The van der Waals surface area contributed by atoms with E-state index in [-0.39, 0.29) is 0 Å². The predicted molar refractivity (Wildman–Crippen MR) is 103 cm³/mol. The van der Waals surface area contributed by atoms with E-state index >= 15 is 0 Å². The lowest BCUT2D eigenvalue weighted by atomic mass is 10.3. The summed E-state index contributed by atoms with van der Waals surface area (Å²) in [5.74, 6) is 1.28. The van der Waals surface area contributed by atoms with Crippen molar-refractivity contribution in [2.75, 3.05) is 36.4 Å². The van der Waals surface area contributed by atoms with Crippen LogP contribution in [-0.2, 0) is 0 Å². The molecule has 3 aromatic heterocycles. The predicted octanol–water partition coefficient (Wildman–Crippen LogP) is 2.26. The molecule has 1 saturated heterocycles. The van der Waals surface area contributed by atoms with Gasteiger partial charge in [-0.3, -0.25) is 0 Å². The summed E-state index contributed by atoms with van der Waals surface area (Å²) in [7, 11) is 0. The van der Waals surface area contributed by atoms with Crippen LogP contribution in [0.4, 0.5) is 17.5 Å². The highest BCUT2D eigenvalue weighted by molar-refractivity contribution is 5.75. The van der Waals surface area contributed by atoms with Gasteiger partial charge in [-0.2, -0.15) is 4.98 Å². The molecule has 0 radical (unpaired) electrons. The van der Waals surface area contributed by atoms with Crippen LogP contribution in [0.3, 0.4) is 0 Å². The zero-order chi connectivity index (χ0) is 18.1. The van der Waals surface area contributed by atoms with Crippen LogP contribution < -0.4 is 15.5 Å². The highest BCUT2D eigenvalue weighted by Gasteiger charge is 2.14. The SMILES string of the molecule is Cc1nc(Nc2ccc(N3CCNCC3)cn2)nc2c1ncn2C(C)C. The molecule has 0 unspecified atom stereocenters. The molecule has 0 aliphatic carbocycles. The van der Waals surface area contributed by atoms with Gasteiger partial charge in [0.05, 0.1) is 23.9 Å². The number of piperazine rings is 1. The molecule has 4 rings (SSSR count). The van der Waals surface area contributed by atoms with Gasteiger partial charge in [0.2, 0.25) is 5.95 Å². The van der Waals surface area contributed by atoms with E-state index in [2.05, 4.69) is 60.0 Å². The Morgan fingerprint density at radius 3 is 2.62 bits per heavy atom. The maximum absolute atomic E-state index is 4.64. The topological polar surface area (TPSA) is 83.8 Å². The molecular formula is C18H24N8. The molecule has 3 aromatic rings. The fourth-order valence-electron chi connectivity index (χ4n) is 3.18. The van der Waals surface area contributed by atoms with Crippen LogP contribution in [-0.4, -0.2) is 50.7 Å². The summed E-state index contributed by atoms with van der Waals surface area (Å²) in [5.41, 5.74) is 3.68. The molecule has 1 fully saturated rings. The van der Waals surface area contributed by atoms with Crippen molar-refractivity contribution < 1.29 is 0 Å². The third-order valence-electron chi connectivity index (χ3n) is 4.62. The molecule has 8 nitrogen and oxygen atoms in total. The Labute approximate surface area is 152 Å². The number of nitrogens with zero attached hydrogens (tertiary/aromatic N) is 6. The second kappa shape index (κ2) is 6.87. The zero-order valence-electron chi connectivity index (χ0n) is 15.4. The largest absolute Gasteiger partial charge is 0.368 e. The number of hydrogen-bond donors (Lipinski definition) is 2. The Bertz CT molecular complexity index is 893. The molecule has 0 atom stereocenters. The molecule has 8 heteroatoms. The van der Waals surface area contributed by atoms with Crippen LogP contribution in [0.1, 0.15) is 25.6 Å². The van der Waals surface area contributed by atoms with Gasteiger partial charge in [0.1, 0.15) is 11.3 Å². The van der Waals surface area contributed by atoms with E-state index in [0.29, 0.717) is 12.0 Å². The summed E-state index contributed by atoms with van der Waals surface area (Å²) >= 11 is 0. The average Bonchev–Trinajstić information content (AvgIpc) is 3.08. The van der Waals surface area contributed by atoms with Crippen LogP contribution in [0.5, 0.6) is 0 Å². The number of hydrogen-bond acceptors (Lipinski definition) is 7. The van der Waals surface area contributed by atoms with E-state index in [1.54, 1.807) is 0 Å². The number of aryl methyl sites for hydroxylation is 1. The fourth-order valence-corrected chi connectivity index (χ4v) is 3.18. The fraction of sp³-hybridized carbons (Fsp3) is 0.444. The smallest absolute Gasteiger partial charge is 0.230 e. The molecule has 1 aliphatic heterocycles. The molecule has 0 spiro atoms. The highest BCUT2D eigenvalue weighted by atomic mass is 15.2. The monoisotopic (exact) mass is 352 g/mol. The first-order valence-electron chi connectivity index (χ1n) is 9.02. The second-order valence-corrected chi connectivity index (χ2v) is 6.81. The van der Waals surface area contributed by atoms with Crippen molar-refractivity contribution in [3.05, 3.63) is 30.4 Å². The Morgan fingerprint density at radius 1 is 1.12 bits per heavy atom. The number of pyridine rings is 1. The van der Waals surface area contributed by atoms with Crippen molar-refractivity contribution in [1.29, 1.82) is 0 Å². The minimum Gasteiger partial charge on any atom is -0.368 e. The average molecular weight is 352 g/mol. The second-order valence-electron chi connectivity index (χ2n) is 6.81. The van der Waals surface area contributed by atoms with E-state index in [0.717, 1.165) is 54.5 Å². The standard InChI is InChI=1S/C18H24N8/c1-12(2)26-11-21-16-13(3)22-18(24-17(16)26)23-15-5-4-14(10-20-15)25-8-6-19-7-9-25/h4-5,10-12,19H,6-9H2,1-3H3,(H,20,22,23,24). The Balaban J connectivity index is 1.57. The summed E-state index contributed by atoms with van der Waals surface area (Å²) in [4.78, 5) is 20.5. The Morgan fingerprint density at radius 2 is 1.92 bits per heavy atom. The molecule has 4 heterocycles. The van der Waals surface area contributed by atoms with Gasteiger partial charge in [-0.1, -0.05) is 0 Å². The van der Waals surface area contributed by atoms with Gasteiger partial charge in [0, 0.05) is 32.2 Å². The first kappa shape index (κ1) is 16.7. The molecule has 0 aromatic carbocycles. The Hall–Kier alpha value is -2.74. The van der Waals surface area contributed by atoms with E-state index in [9.17, 15) is 0 Å². The lowest BCUT2D eigenvalue weighted by Crippen LogP contribution is -2.43. The van der Waals surface area contributed by atoms with Crippen molar-refractivity contribution in [3.63, 3.8) is 0 Å². The Kier molecular flexibility index (Phi) is 4.42. The summed E-state index contributed by atoms with van der Waals surface area (Å²) in [6.45, 7) is 10.2. The highest BCUT2D eigenvalue weighted by Crippen LogP contribution is 2.22. The first-order chi connectivity index (χ1) is 12.6. The van der Waals surface area contributed by atoms with Crippen LogP contribution in [0.2, 0.25) is 0 Å². The van der Waals surface area contributed by atoms with Crippen molar-refractivity contribution >= 4 is 28.6 Å². The maximum atomic E-state index is 4.64. The molecule has 1 aliphatic rings. The number of aromatic nitrogens is 5. The van der Waals surface area contributed by atoms with E-state index in [4.69, 9.17) is 0 Å². The lowest BCUT2D eigenvalue weighted by Gasteiger charge is -2.29. The van der Waals surface area contributed by atoms with Crippen LogP contribution in [0, 0.1) is 6.92 Å². The van der Waals surface area contributed by atoms with Crippen molar-refractivity contribution in [1.82, 2.24) is 29.8 Å². The number of imidazole rings is 1. The van der Waals surface area contributed by atoms with Gasteiger partial charge in [-0.05, 0) is 32.9 Å². The van der Waals surface area contributed by atoms with E-state index in [1.807, 2.05) is 25.5 Å². The van der Waals surface area contributed by atoms with Gasteiger partial charge in [0.15, 0.2) is 5.65 Å². The van der Waals surface area contributed by atoms with Crippen LogP contribution in [0.15, 0.2) is 24.7 Å². The van der Waals surface area contributed by atoms with E-state index in [1.165, 1.54) is 0 Å². The number of rotatable bonds is 4. The van der Waals surface area contributed by atoms with Crippen molar-refractivity contribution in [2.24, 2.45) is 0 Å². The van der Waals surface area contributed by atoms with E-state index < -0.39 is 0 Å². The quantitative estimate of drug-likeness (QED) is 0.745. The van der Waals surface area contributed by atoms with Crippen LogP contribution >= 0.6 is 0 Å². The van der Waals surface area contributed by atoms with Gasteiger partial charge in [-0.25, -0.2) is 15.0 Å². The number of anilines is 3. The summed E-state index contributed by atoms with van der Waals surface area (Å²) in [6, 6.07) is 4.35. The maximum Gasteiger partial charge on any atom is 0.230 e. The van der Waals surface area contributed by atoms with Gasteiger partial charge < -0.3 is 20.1 Å². The van der Waals surface area contributed by atoms with Crippen molar-refractivity contribution in [3.8, 4) is 0 Å². The lowest BCUT2D eigenvalue weighted by molar-refractivity contribution is 0.589. The van der Waals surface area contributed by atoms with Gasteiger partial charge in [-0.15, -0.1) is 0 Å². The normalized spacial score (nSPS) is 15.0. The summed E-state index contributed by atoms with van der Waals surface area (Å²) in [5, 5.41) is 6.58. The third-order valence-corrected chi connectivity index (χ3v) is 4.62. The molecule has 2 N–H and O–H groups in total. The zero-order valence-corrected chi connectivity index (χ0v) is 15.4. The summed E-state index contributed by atoms with van der Waals surface area (Å²) < 4.78 is 2.05. The molecule has 0 saturated carbocycles. The van der Waals surface area contributed by atoms with Gasteiger partial charge in [0.25, 0.3) is 0 Å². The van der Waals surface area contributed by atoms with Crippen LogP contribution in [0.25, 0.3) is 11.2 Å². The third kappa shape index (κ3) is 3.20.